The van der Waals surface area contributed by atoms with Crippen LogP contribution in [0.15, 0.2) is 36.5 Å². The number of carbonyl (C=O) groups is 1. The number of aliphatic hydroxyl groups excluding tert-OH is 5. The van der Waals surface area contributed by atoms with Gasteiger partial charge in [-0.2, -0.15) is 8.42 Å². The first-order chi connectivity index (χ1) is 25.4. The van der Waals surface area contributed by atoms with Crippen LogP contribution >= 0.6 is 0 Å². The van der Waals surface area contributed by atoms with Gasteiger partial charge in [-0.15, -0.1) is 0 Å². The molecule has 1 aliphatic heterocycles. The molecule has 0 aliphatic carbocycles. The SMILES string of the molecule is CCCCCC/C=C\CCCCCCCCC(O)C(=O)NC(COC1OC(CO)C(O)C(OS(=O)(=O)O)C1O)C(O)/C=C/CC/C=C/CCCCCC. The van der Waals surface area contributed by atoms with Gasteiger partial charge in [0.05, 0.1) is 25.4 Å². The molecule has 1 amide bonds. The average Bonchev–Trinajstić information content (AvgIpc) is 3.12. The van der Waals surface area contributed by atoms with Gasteiger partial charge in [-0.25, -0.2) is 4.18 Å². The van der Waals surface area contributed by atoms with Crippen LogP contribution in [0.4, 0.5) is 0 Å². The Hall–Kier alpha value is -1.72. The summed E-state index contributed by atoms with van der Waals surface area (Å²) in [5, 5.41) is 54.8. The first kappa shape index (κ1) is 49.3. The number of ether oxygens (including phenoxy) is 2. The second-order valence-corrected chi connectivity index (χ2v) is 15.0. The van der Waals surface area contributed by atoms with Crippen LogP contribution in [0.2, 0.25) is 0 Å². The van der Waals surface area contributed by atoms with Gasteiger partial charge >= 0.3 is 10.4 Å². The molecule has 1 fully saturated rings. The molecule has 0 radical (unpaired) electrons. The summed E-state index contributed by atoms with van der Waals surface area (Å²) in [6, 6.07) is -1.14. The van der Waals surface area contributed by atoms with Crippen molar-refractivity contribution in [2.75, 3.05) is 13.2 Å². The van der Waals surface area contributed by atoms with Crippen LogP contribution in [0.5, 0.6) is 0 Å². The van der Waals surface area contributed by atoms with E-state index in [0.29, 0.717) is 12.8 Å². The molecule has 0 spiro atoms. The second kappa shape index (κ2) is 30.5. The van der Waals surface area contributed by atoms with E-state index < -0.39 is 78.5 Å². The van der Waals surface area contributed by atoms with Crippen molar-refractivity contribution in [2.45, 2.75) is 191 Å². The van der Waals surface area contributed by atoms with E-state index in [2.05, 4.69) is 47.7 Å². The molecule has 1 saturated heterocycles. The molecule has 14 heteroatoms. The lowest BCUT2D eigenvalue weighted by Gasteiger charge is -2.41. The smallest absolute Gasteiger partial charge is 0.394 e. The fourth-order valence-electron chi connectivity index (χ4n) is 6.00. The summed E-state index contributed by atoms with van der Waals surface area (Å²) < 4.78 is 47.2. The van der Waals surface area contributed by atoms with Crippen molar-refractivity contribution in [3.05, 3.63) is 36.5 Å². The number of allylic oxidation sites excluding steroid dienone is 5. The summed E-state index contributed by atoms with van der Waals surface area (Å²) in [6.07, 6.45) is 21.1. The summed E-state index contributed by atoms with van der Waals surface area (Å²) in [6.45, 7) is 3.10. The van der Waals surface area contributed by atoms with Gasteiger partial charge in [-0.05, 0) is 57.8 Å². The zero-order chi connectivity index (χ0) is 39.3. The molecule has 1 heterocycles. The third-order valence-electron chi connectivity index (χ3n) is 9.25. The summed E-state index contributed by atoms with van der Waals surface area (Å²) >= 11 is 0. The quantitative estimate of drug-likeness (QED) is 0.0262. The van der Waals surface area contributed by atoms with Gasteiger partial charge in [0.25, 0.3) is 0 Å². The lowest BCUT2D eigenvalue weighted by Crippen LogP contribution is -2.61. The number of aliphatic hydroxyl groups is 5. The maximum Gasteiger partial charge on any atom is 0.397 e. The van der Waals surface area contributed by atoms with Crippen LogP contribution < -0.4 is 5.32 Å². The summed E-state index contributed by atoms with van der Waals surface area (Å²) in [5.41, 5.74) is 0. The minimum Gasteiger partial charge on any atom is -0.394 e. The van der Waals surface area contributed by atoms with E-state index in [9.17, 15) is 38.7 Å². The maximum atomic E-state index is 13.0. The molecule has 0 saturated carbocycles. The Labute approximate surface area is 318 Å². The molecule has 8 atom stereocenters. The van der Waals surface area contributed by atoms with Crippen molar-refractivity contribution in [1.82, 2.24) is 5.32 Å². The molecule has 1 aliphatic rings. The fourth-order valence-corrected chi connectivity index (χ4v) is 6.51. The van der Waals surface area contributed by atoms with Crippen LogP contribution in [0.3, 0.4) is 0 Å². The van der Waals surface area contributed by atoms with Gasteiger partial charge in [0.15, 0.2) is 6.29 Å². The number of carbonyl (C=O) groups excluding carboxylic acids is 1. The van der Waals surface area contributed by atoms with Crippen LogP contribution in [-0.2, 0) is 28.9 Å². The average molecular weight is 778 g/mol. The largest absolute Gasteiger partial charge is 0.397 e. The van der Waals surface area contributed by atoms with Crippen molar-refractivity contribution >= 4 is 16.3 Å². The van der Waals surface area contributed by atoms with E-state index in [1.165, 1.54) is 51.0 Å². The molecule has 0 bridgehead atoms. The Bertz CT molecular complexity index is 1120. The predicted octanol–water partition coefficient (Wildman–Crippen LogP) is 5.35. The third kappa shape index (κ3) is 23.7. The molecule has 53 heavy (non-hydrogen) atoms. The van der Waals surface area contributed by atoms with E-state index in [4.69, 9.17) is 14.0 Å². The molecule has 310 valence electrons. The standard InChI is InChI=1S/C39H71NO12S/c1-3-5-7-9-11-13-15-16-17-18-20-22-24-26-28-33(43)38(46)40-31(32(42)27-25-23-21-19-14-12-10-8-6-4-2)30-50-39-36(45)37(52-53(47,48)49)35(44)34(29-41)51-39/h13-15,19,25,27,31-37,39,41-45H,3-12,16-18,20-24,26,28-30H2,1-2H3,(H,40,46)(H,47,48,49)/b15-13-,19-14+,27-25+. The minimum atomic E-state index is -5.12. The number of amides is 1. The highest BCUT2D eigenvalue weighted by molar-refractivity contribution is 7.80. The van der Waals surface area contributed by atoms with Crippen LogP contribution in [0.1, 0.15) is 142 Å². The Balaban J connectivity index is 2.69. The highest BCUT2D eigenvalue weighted by Crippen LogP contribution is 2.26. The van der Waals surface area contributed by atoms with Gasteiger partial charge in [-0.3, -0.25) is 9.35 Å². The van der Waals surface area contributed by atoms with Gasteiger partial charge in [-0.1, -0.05) is 121 Å². The van der Waals surface area contributed by atoms with Gasteiger partial charge in [0, 0.05) is 0 Å². The maximum absolute atomic E-state index is 13.0. The zero-order valence-electron chi connectivity index (χ0n) is 32.2. The molecular weight excluding hydrogens is 706 g/mol. The highest BCUT2D eigenvalue weighted by Gasteiger charge is 2.48. The van der Waals surface area contributed by atoms with Crippen LogP contribution in [-0.4, -0.2) is 107 Å². The number of hydrogen-bond donors (Lipinski definition) is 7. The Kier molecular flexibility index (Phi) is 28.4. The monoisotopic (exact) mass is 777 g/mol. The Morgan fingerprint density at radius 1 is 0.755 bits per heavy atom. The van der Waals surface area contributed by atoms with Crippen molar-refractivity contribution < 1.29 is 57.0 Å². The number of unbranched alkanes of at least 4 members (excludes halogenated alkanes) is 15. The molecule has 7 N–H and O–H groups in total. The highest BCUT2D eigenvalue weighted by atomic mass is 32.3. The molecule has 13 nitrogen and oxygen atoms in total. The van der Waals surface area contributed by atoms with Gasteiger partial charge < -0.3 is 40.3 Å². The van der Waals surface area contributed by atoms with E-state index in [-0.39, 0.29) is 6.42 Å². The van der Waals surface area contributed by atoms with Gasteiger partial charge in [0.1, 0.15) is 30.5 Å². The summed E-state index contributed by atoms with van der Waals surface area (Å²) in [4.78, 5) is 13.0. The molecule has 0 aromatic heterocycles. The van der Waals surface area contributed by atoms with E-state index >= 15 is 0 Å². The first-order valence-corrected chi connectivity index (χ1v) is 21.3. The van der Waals surface area contributed by atoms with Crippen LogP contribution in [0.25, 0.3) is 0 Å². The number of hydrogen-bond acceptors (Lipinski definition) is 11. The third-order valence-corrected chi connectivity index (χ3v) is 9.72. The summed E-state index contributed by atoms with van der Waals surface area (Å²) in [5.74, 6) is -0.722. The van der Waals surface area contributed by atoms with Crippen molar-refractivity contribution in [1.29, 1.82) is 0 Å². The predicted molar refractivity (Wildman–Crippen MR) is 205 cm³/mol. The first-order valence-electron chi connectivity index (χ1n) is 20.0. The van der Waals surface area contributed by atoms with Gasteiger partial charge in [0.2, 0.25) is 5.91 Å². The van der Waals surface area contributed by atoms with E-state index in [0.717, 1.165) is 64.2 Å². The normalized spacial score (nSPS) is 22.9. The van der Waals surface area contributed by atoms with Crippen LogP contribution in [0, 0.1) is 0 Å². The molecule has 1 rings (SSSR count). The summed E-state index contributed by atoms with van der Waals surface area (Å²) in [7, 11) is -5.12. The van der Waals surface area contributed by atoms with E-state index in [1.54, 1.807) is 6.08 Å². The van der Waals surface area contributed by atoms with Crippen molar-refractivity contribution in [3.8, 4) is 0 Å². The zero-order valence-corrected chi connectivity index (χ0v) is 33.0. The van der Waals surface area contributed by atoms with Crippen molar-refractivity contribution in [3.63, 3.8) is 0 Å². The lowest BCUT2D eigenvalue weighted by molar-refractivity contribution is -0.298. The topological polar surface area (TPSA) is 212 Å². The lowest BCUT2D eigenvalue weighted by atomic mass is 9.99. The fraction of sp³-hybridized carbons (Fsp3) is 0.821. The molecule has 0 aromatic carbocycles. The molecule has 8 unspecified atom stereocenters. The second-order valence-electron chi connectivity index (χ2n) is 14.0. The molecule has 0 aromatic rings. The van der Waals surface area contributed by atoms with Crippen molar-refractivity contribution in [2.24, 2.45) is 0 Å². The van der Waals surface area contributed by atoms with E-state index in [1.807, 2.05) is 0 Å². The molecular formula is C39H71NO12S. The number of rotatable bonds is 32. The Morgan fingerprint density at radius 3 is 1.81 bits per heavy atom. The Morgan fingerprint density at radius 2 is 1.26 bits per heavy atom. The minimum absolute atomic E-state index is 0.228. The number of nitrogens with one attached hydrogen (secondary N) is 1.